The van der Waals surface area contributed by atoms with E-state index in [0.717, 1.165) is 16.9 Å². The molecule has 2 atom stereocenters. The molecule has 0 radical (unpaired) electrons. The maximum absolute atomic E-state index is 9.78. The van der Waals surface area contributed by atoms with Gasteiger partial charge in [0.25, 0.3) is 0 Å². The van der Waals surface area contributed by atoms with Crippen molar-refractivity contribution >= 4 is 0 Å². The number of hydrogen-bond donors (Lipinski definition) is 2. The van der Waals surface area contributed by atoms with E-state index in [1.807, 2.05) is 18.2 Å². The summed E-state index contributed by atoms with van der Waals surface area (Å²) in [5.41, 5.74) is 4.63. The molecule has 3 nitrogen and oxygen atoms in total. The molecule has 3 aromatic rings. The van der Waals surface area contributed by atoms with E-state index >= 15 is 0 Å². The topological polar surface area (TPSA) is 49.7 Å². The molecule has 0 bridgehead atoms. The fraction of sp³-hybridized carbons (Fsp3) is 0.182. The van der Waals surface area contributed by atoms with Crippen molar-refractivity contribution in [2.75, 3.05) is 6.61 Å². The Bertz CT molecular complexity index is 882. The first-order valence-electron chi connectivity index (χ1n) is 8.43. The van der Waals surface area contributed by atoms with Crippen molar-refractivity contribution in [2.45, 2.75) is 18.8 Å². The molecule has 0 amide bonds. The Balaban J connectivity index is 1.84. The van der Waals surface area contributed by atoms with Crippen molar-refractivity contribution in [1.82, 2.24) is 0 Å². The van der Waals surface area contributed by atoms with E-state index in [9.17, 15) is 10.2 Å². The first kappa shape index (κ1) is 15.6. The van der Waals surface area contributed by atoms with Crippen LogP contribution in [-0.4, -0.2) is 16.8 Å². The number of fused-ring (bicyclic) bond motifs is 1. The second kappa shape index (κ2) is 6.17. The zero-order chi connectivity index (χ0) is 17.4. The minimum absolute atomic E-state index is 0.104. The molecule has 0 aromatic heterocycles. The highest BCUT2D eigenvalue weighted by Gasteiger charge is 2.33. The Morgan fingerprint density at radius 2 is 1.44 bits per heavy atom. The summed E-state index contributed by atoms with van der Waals surface area (Å²) < 4.78 is 5.97. The first-order valence-corrected chi connectivity index (χ1v) is 8.43. The predicted molar refractivity (Wildman–Crippen MR) is 97.5 cm³/mol. The number of rotatable bonds is 2. The fourth-order valence-electron chi connectivity index (χ4n) is 3.59. The van der Waals surface area contributed by atoms with E-state index < -0.39 is 0 Å². The third-order valence-electron chi connectivity index (χ3n) is 4.91. The number of ether oxygens (including phenoxy) is 1. The van der Waals surface area contributed by atoms with Crippen LogP contribution in [0.15, 0.2) is 66.7 Å². The minimum Gasteiger partial charge on any atom is -0.508 e. The van der Waals surface area contributed by atoms with E-state index in [-0.39, 0.29) is 23.3 Å². The Morgan fingerprint density at radius 1 is 0.800 bits per heavy atom. The summed E-state index contributed by atoms with van der Waals surface area (Å²) in [6.45, 7) is 2.63. The van der Waals surface area contributed by atoms with Gasteiger partial charge in [0, 0.05) is 23.5 Å². The SMILES string of the molecule is Cc1ccc([C@@H]2COc3cc(O)ccc3[C@@H]2c2ccc(O)cc2)cc1. The summed E-state index contributed by atoms with van der Waals surface area (Å²) in [5, 5.41) is 19.4. The van der Waals surface area contributed by atoms with Crippen LogP contribution in [0.5, 0.6) is 17.2 Å². The molecule has 0 saturated heterocycles. The minimum atomic E-state index is 0.104. The molecule has 0 spiro atoms. The molecule has 126 valence electrons. The van der Waals surface area contributed by atoms with Gasteiger partial charge in [-0.25, -0.2) is 0 Å². The normalized spacial score (nSPS) is 19.1. The second-order valence-corrected chi connectivity index (χ2v) is 6.62. The van der Waals surface area contributed by atoms with Gasteiger partial charge in [-0.05, 0) is 36.2 Å². The molecular weight excluding hydrogens is 312 g/mol. The molecule has 25 heavy (non-hydrogen) atoms. The van der Waals surface area contributed by atoms with Crippen molar-refractivity contribution < 1.29 is 14.9 Å². The molecule has 4 rings (SSSR count). The largest absolute Gasteiger partial charge is 0.508 e. The zero-order valence-corrected chi connectivity index (χ0v) is 14.0. The number of aromatic hydroxyl groups is 2. The van der Waals surface area contributed by atoms with Crippen LogP contribution < -0.4 is 4.74 Å². The van der Waals surface area contributed by atoms with Crippen LogP contribution >= 0.6 is 0 Å². The molecule has 0 aliphatic carbocycles. The number of hydrogen-bond acceptors (Lipinski definition) is 3. The van der Waals surface area contributed by atoms with Gasteiger partial charge in [0.1, 0.15) is 17.2 Å². The van der Waals surface area contributed by atoms with E-state index in [4.69, 9.17) is 4.74 Å². The number of phenolic OH excluding ortho intramolecular Hbond substituents is 2. The van der Waals surface area contributed by atoms with Gasteiger partial charge in [0.2, 0.25) is 0 Å². The quantitative estimate of drug-likeness (QED) is 0.714. The fourth-order valence-corrected chi connectivity index (χ4v) is 3.59. The Morgan fingerprint density at radius 3 is 2.16 bits per heavy atom. The molecule has 0 saturated carbocycles. The van der Waals surface area contributed by atoms with E-state index in [2.05, 4.69) is 31.2 Å². The van der Waals surface area contributed by atoms with Crippen LogP contribution in [-0.2, 0) is 0 Å². The van der Waals surface area contributed by atoms with E-state index in [1.165, 1.54) is 11.1 Å². The van der Waals surface area contributed by atoms with Gasteiger partial charge >= 0.3 is 0 Å². The molecular formula is C22H20O3. The van der Waals surface area contributed by atoms with Crippen LogP contribution in [0.4, 0.5) is 0 Å². The van der Waals surface area contributed by atoms with Crippen LogP contribution in [0, 0.1) is 6.92 Å². The summed E-state index contributed by atoms with van der Waals surface area (Å²) in [6.07, 6.45) is 0. The summed E-state index contributed by atoms with van der Waals surface area (Å²) >= 11 is 0. The van der Waals surface area contributed by atoms with Gasteiger partial charge in [0.05, 0.1) is 6.61 Å². The van der Waals surface area contributed by atoms with E-state index in [1.54, 1.807) is 24.3 Å². The lowest BCUT2D eigenvalue weighted by atomic mass is 9.76. The van der Waals surface area contributed by atoms with Crippen molar-refractivity contribution in [2.24, 2.45) is 0 Å². The highest BCUT2D eigenvalue weighted by atomic mass is 16.5. The molecule has 3 aromatic carbocycles. The Kier molecular flexibility index (Phi) is 3.85. The highest BCUT2D eigenvalue weighted by molar-refractivity contribution is 5.50. The lowest BCUT2D eigenvalue weighted by Crippen LogP contribution is -2.25. The molecule has 3 heteroatoms. The monoisotopic (exact) mass is 332 g/mol. The molecule has 1 aliphatic rings. The third-order valence-corrected chi connectivity index (χ3v) is 4.91. The smallest absolute Gasteiger partial charge is 0.126 e. The molecule has 0 unspecified atom stereocenters. The van der Waals surface area contributed by atoms with Gasteiger partial charge in [-0.2, -0.15) is 0 Å². The molecule has 1 aliphatic heterocycles. The number of benzene rings is 3. The van der Waals surface area contributed by atoms with Crippen LogP contribution in [0.1, 0.15) is 34.1 Å². The summed E-state index contributed by atoms with van der Waals surface area (Å²) in [6, 6.07) is 21.2. The second-order valence-electron chi connectivity index (χ2n) is 6.62. The van der Waals surface area contributed by atoms with Gasteiger partial charge in [-0.15, -0.1) is 0 Å². The van der Waals surface area contributed by atoms with Crippen LogP contribution in [0.2, 0.25) is 0 Å². The predicted octanol–water partition coefficient (Wildman–Crippen LogP) is 4.71. The van der Waals surface area contributed by atoms with E-state index in [0.29, 0.717) is 6.61 Å². The Labute approximate surface area is 147 Å². The van der Waals surface area contributed by atoms with Crippen LogP contribution in [0.3, 0.4) is 0 Å². The lowest BCUT2D eigenvalue weighted by molar-refractivity contribution is 0.247. The summed E-state index contributed by atoms with van der Waals surface area (Å²) in [5.74, 6) is 1.46. The van der Waals surface area contributed by atoms with Crippen LogP contribution in [0.25, 0.3) is 0 Å². The molecule has 1 heterocycles. The molecule has 0 fully saturated rings. The maximum atomic E-state index is 9.78. The van der Waals surface area contributed by atoms with Crippen molar-refractivity contribution in [3.63, 3.8) is 0 Å². The number of phenols is 2. The highest BCUT2D eigenvalue weighted by Crippen LogP contribution is 2.47. The maximum Gasteiger partial charge on any atom is 0.126 e. The zero-order valence-electron chi connectivity index (χ0n) is 14.0. The first-order chi connectivity index (χ1) is 12.1. The van der Waals surface area contributed by atoms with Crippen molar-refractivity contribution in [3.05, 3.63) is 89.0 Å². The average Bonchev–Trinajstić information content (AvgIpc) is 2.62. The van der Waals surface area contributed by atoms with Gasteiger partial charge in [-0.1, -0.05) is 48.0 Å². The summed E-state index contributed by atoms with van der Waals surface area (Å²) in [7, 11) is 0. The Hall–Kier alpha value is -2.94. The third kappa shape index (κ3) is 2.93. The summed E-state index contributed by atoms with van der Waals surface area (Å²) in [4.78, 5) is 0. The lowest BCUT2D eigenvalue weighted by Gasteiger charge is -2.34. The average molecular weight is 332 g/mol. The van der Waals surface area contributed by atoms with Gasteiger partial charge < -0.3 is 14.9 Å². The van der Waals surface area contributed by atoms with Gasteiger partial charge in [-0.3, -0.25) is 0 Å². The van der Waals surface area contributed by atoms with Crippen molar-refractivity contribution in [1.29, 1.82) is 0 Å². The van der Waals surface area contributed by atoms with Crippen molar-refractivity contribution in [3.8, 4) is 17.2 Å². The standard InChI is InChI=1S/C22H20O3/c1-14-2-4-15(5-3-14)20-13-25-21-12-18(24)10-11-19(21)22(20)16-6-8-17(23)9-7-16/h2-12,20,22-24H,13H2,1H3/t20-,22-/m0/s1. The number of aryl methyl sites for hydroxylation is 1. The molecule has 2 N–H and O–H groups in total. The van der Waals surface area contributed by atoms with Gasteiger partial charge in [0.15, 0.2) is 0 Å².